The Balaban J connectivity index is 0.00000225. The molecule has 144 valence electrons. The van der Waals surface area contributed by atoms with Crippen LogP contribution in [0.1, 0.15) is 39.9 Å². The minimum absolute atomic E-state index is 0. The van der Waals surface area contributed by atoms with Crippen LogP contribution in [0.5, 0.6) is 0 Å². The number of amides is 2. The number of carbonyl (C=O) groups excluding carboxylic acids is 2. The van der Waals surface area contributed by atoms with E-state index < -0.39 is 11.3 Å². The normalized spacial score (nSPS) is 20.3. The number of hydrogen-bond acceptors (Lipinski definition) is 4. The maximum atomic E-state index is 13.3. The Morgan fingerprint density at radius 2 is 1.96 bits per heavy atom. The number of nitrogens with zero attached hydrogens (tertiary/aromatic N) is 2. The van der Waals surface area contributed by atoms with E-state index in [1.165, 1.54) is 0 Å². The van der Waals surface area contributed by atoms with Crippen molar-refractivity contribution < 1.29 is 14.8 Å². The van der Waals surface area contributed by atoms with Gasteiger partial charge in [0.25, 0.3) is 5.91 Å². The largest absolute Gasteiger partial charge is 0.311 e. The third-order valence-corrected chi connectivity index (χ3v) is 5.80. The molecule has 2 amide bonds. The minimum Gasteiger partial charge on any atom is -0.311 e. The van der Waals surface area contributed by atoms with Crippen LogP contribution in [0.25, 0.3) is 0 Å². The third-order valence-electron chi connectivity index (χ3n) is 5.80. The number of para-hydroxylation sites is 1. The summed E-state index contributed by atoms with van der Waals surface area (Å²) < 4.78 is 0. The molecular weight excluding hydrogens is 374 g/mol. The van der Waals surface area contributed by atoms with E-state index in [0.717, 1.165) is 17.5 Å². The summed E-state index contributed by atoms with van der Waals surface area (Å²) in [6.45, 7) is 0.609. The highest BCUT2D eigenvalue weighted by Crippen LogP contribution is 2.45. The van der Waals surface area contributed by atoms with Gasteiger partial charge in [0.15, 0.2) is 0 Å². The molecule has 1 heterocycles. The second kappa shape index (κ2) is 7.66. The molecule has 0 aromatic heterocycles. The molecule has 0 radical (unpaired) electrons. The Labute approximate surface area is 170 Å². The molecule has 2 aromatic rings. The molecule has 0 unspecified atom stereocenters. The number of aryl methyl sites for hydroxylation is 1. The molecule has 1 fully saturated rings. The molecule has 0 bridgehead atoms. The van der Waals surface area contributed by atoms with Gasteiger partial charge < -0.3 is 4.90 Å². The van der Waals surface area contributed by atoms with Gasteiger partial charge in [-0.25, -0.2) is 5.48 Å². The average molecular weight is 395 g/mol. The fraction of sp³-hybridized carbons (Fsp3) is 0.286. The van der Waals surface area contributed by atoms with Gasteiger partial charge in [0.2, 0.25) is 5.91 Å². The lowest BCUT2D eigenvalue weighted by molar-refractivity contribution is -0.126. The first kappa shape index (κ1) is 19.9. The summed E-state index contributed by atoms with van der Waals surface area (Å²) in [6.07, 6.45) is 2.81. The topological polar surface area (TPSA) is 93.4 Å². The van der Waals surface area contributed by atoms with Crippen LogP contribution in [-0.2, 0) is 17.6 Å². The molecule has 1 aliphatic carbocycles. The highest BCUT2D eigenvalue weighted by molar-refractivity contribution is 7.59. The highest BCUT2D eigenvalue weighted by Gasteiger charge is 2.48. The van der Waals surface area contributed by atoms with Crippen LogP contribution in [0, 0.1) is 16.7 Å². The van der Waals surface area contributed by atoms with Crippen molar-refractivity contribution in [2.24, 2.45) is 5.41 Å². The van der Waals surface area contributed by atoms with Crippen molar-refractivity contribution in [3.05, 3.63) is 64.7 Å². The summed E-state index contributed by atoms with van der Waals surface area (Å²) in [7, 11) is 0. The molecule has 2 N–H and O–H groups in total. The fourth-order valence-corrected chi connectivity index (χ4v) is 4.31. The summed E-state index contributed by atoms with van der Waals surface area (Å²) in [5, 5.41) is 18.2. The van der Waals surface area contributed by atoms with Crippen LogP contribution in [0.15, 0.2) is 42.5 Å². The summed E-state index contributed by atoms with van der Waals surface area (Å²) in [5.74, 6) is -0.456. The SMILES string of the molecule is N#Cc1ccccc1N1CC[C@@]2(CCc3cc(C(=O)NO)ccc3C2)C1=O.S. The first-order valence-electron chi connectivity index (χ1n) is 8.95. The summed E-state index contributed by atoms with van der Waals surface area (Å²) in [4.78, 5) is 26.7. The Morgan fingerprint density at radius 1 is 1.18 bits per heavy atom. The third kappa shape index (κ3) is 3.15. The van der Waals surface area contributed by atoms with E-state index in [-0.39, 0.29) is 19.4 Å². The number of nitrogens with one attached hydrogen (secondary N) is 1. The molecule has 7 heteroatoms. The Hall–Kier alpha value is -2.82. The number of rotatable bonds is 2. The summed E-state index contributed by atoms with van der Waals surface area (Å²) in [6, 6.07) is 14.7. The lowest BCUT2D eigenvalue weighted by atomic mass is 9.70. The molecule has 1 saturated heterocycles. The van der Waals surface area contributed by atoms with Crippen LogP contribution >= 0.6 is 13.5 Å². The van der Waals surface area contributed by atoms with Crippen LogP contribution in [0.2, 0.25) is 0 Å². The van der Waals surface area contributed by atoms with Gasteiger partial charge in [0.05, 0.1) is 16.7 Å². The number of hydrogen-bond donors (Lipinski definition) is 2. The van der Waals surface area contributed by atoms with E-state index in [0.29, 0.717) is 42.6 Å². The van der Waals surface area contributed by atoms with E-state index in [1.807, 2.05) is 18.2 Å². The van der Waals surface area contributed by atoms with Crippen molar-refractivity contribution in [1.29, 1.82) is 5.26 Å². The first-order chi connectivity index (χ1) is 13.1. The zero-order valence-electron chi connectivity index (χ0n) is 15.2. The molecule has 4 rings (SSSR count). The first-order valence-corrected chi connectivity index (χ1v) is 8.95. The van der Waals surface area contributed by atoms with Gasteiger partial charge in [-0.2, -0.15) is 18.8 Å². The quantitative estimate of drug-likeness (QED) is 0.604. The van der Waals surface area contributed by atoms with Crippen LogP contribution in [0.3, 0.4) is 0 Å². The van der Waals surface area contributed by atoms with Gasteiger partial charge in [0.1, 0.15) is 6.07 Å². The molecule has 2 aliphatic rings. The average Bonchev–Trinajstić information content (AvgIpc) is 3.02. The van der Waals surface area contributed by atoms with Crippen molar-refractivity contribution in [2.45, 2.75) is 25.7 Å². The van der Waals surface area contributed by atoms with Gasteiger partial charge in [-0.3, -0.25) is 14.8 Å². The molecule has 1 atom stereocenters. The molecule has 6 nitrogen and oxygen atoms in total. The predicted octanol–water partition coefficient (Wildman–Crippen LogP) is 2.70. The van der Waals surface area contributed by atoms with Gasteiger partial charge in [0, 0.05) is 12.1 Å². The number of benzene rings is 2. The number of hydroxylamine groups is 1. The Kier molecular flexibility index (Phi) is 5.45. The Morgan fingerprint density at radius 3 is 2.71 bits per heavy atom. The van der Waals surface area contributed by atoms with E-state index in [1.54, 1.807) is 34.6 Å². The highest BCUT2D eigenvalue weighted by atomic mass is 32.1. The maximum Gasteiger partial charge on any atom is 0.274 e. The predicted molar refractivity (Wildman–Crippen MR) is 109 cm³/mol. The van der Waals surface area contributed by atoms with Crippen molar-refractivity contribution in [2.75, 3.05) is 11.4 Å². The lowest BCUT2D eigenvalue weighted by Crippen LogP contribution is -2.39. The van der Waals surface area contributed by atoms with E-state index in [9.17, 15) is 14.9 Å². The number of fused-ring (bicyclic) bond motifs is 1. The second-order valence-electron chi connectivity index (χ2n) is 7.22. The standard InChI is InChI=1S/C21H19N3O3.H2S/c22-13-17-3-1-2-4-18(17)24-10-9-21(20(24)26)8-7-14-11-15(19(25)23-27)5-6-16(14)12-21;/h1-6,11,27H,7-10,12H2,(H,23,25);1H2/t21-;/m1./s1. The monoisotopic (exact) mass is 395 g/mol. The zero-order chi connectivity index (χ0) is 19.0. The van der Waals surface area contributed by atoms with E-state index in [2.05, 4.69) is 6.07 Å². The van der Waals surface area contributed by atoms with Gasteiger partial charge >= 0.3 is 0 Å². The van der Waals surface area contributed by atoms with Crippen molar-refractivity contribution in [3.8, 4) is 6.07 Å². The number of anilines is 1. The molecule has 1 spiro atoms. The molecule has 28 heavy (non-hydrogen) atoms. The van der Waals surface area contributed by atoms with Crippen LogP contribution in [0.4, 0.5) is 5.69 Å². The van der Waals surface area contributed by atoms with Crippen LogP contribution in [-0.4, -0.2) is 23.6 Å². The number of carbonyl (C=O) groups is 2. The molecule has 0 saturated carbocycles. The van der Waals surface area contributed by atoms with Crippen molar-refractivity contribution in [1.82, 2.24) is 5.48 Å². The Bertz CT molecular complexity index is 985. The lowest BCUT2D eigenvalue weighted by Gasteiger charge is -2.33. The van der Waals surface area contributed by atoms with E-state index >= 15 is 0 Å². The smallest absolute Gasteiger partial charge is 0.274 e. The van der Waals surface area contributed by atoms with Gasteiger partial charge in [-0.1, -0.05) is 18.2 Å². The zero-order valence-corrected chi connectivity index (χ0v) is 16.2. The van der Waals surface area contributed by atoms with Crippen molar-refractivity contribution in [3.63, 3.8) is 0 Å². The summed E-state index contributed by atoms with van der Waals surface area (Å²) >= 11 is 0. The van der Waals surface area contributed by atoms with Gasteiger partial charge in [-0.05, 0) is 61.1 Å². The van der Waals surface area contributed by atoms with Crippen LogP contribution < -0.4 is 10.4 Å². The second-order valence-corrected chi connectivity index (χ2v) is 7.22. The van der Waals surface area contributed by atoms with E-state index in [4.69, 9.17) is 5.21 Å². The minimum atomic E-state index is -0.533. The molecule has 2 aromatic carbocycles. The summed E-state index contributed by atoms with van der Waals surface area (Å²) in [5.41, 5.74) is 4.93. The maximum absolute atomic E-state index is 13.3. The molecular formula is C21H21N3O3S. The number of nitriles is 1. The fourth-order valence-electron chi connectivity index (χ4n) is 4.31. The molecule has 1 aliphatic heterocycles. The van der Waals surface area contributed by atoms with Crippen molar-refractivity contribution >= 4 is 31.0 Å². The van der Waals surface area contributed by atoms with Gasteiger partial charge in [-0.15, -0.1) is 0 Å².